The van der Waals surface area contributed by atoms with Crippen LogP contribution < -0.4 is 4.74 Å². The van der Waals surface area contributed by atoms with Gasteiger partial charge in [0.05, 0.1) is 5.56 Å². The van der Waals surface area contributed by atoms with Crippen molar-refractivity contribution in [3.63, 3.8) is 0 Å². The maximum Gasteiger partial charge on any atom is 0.453 e. The first-order valence-electron chi connectivity index (χ1n) is 4.85. The molecular formula is C11H7ClF4O3. The number of alkyl halides is 3. The molecule has 8 heteroatoms. The Morgan fingerprint density at radius 1 is 1.32 bits per heavy atom. The summed E-state index contributed by atoms with van der Waals surface area (Å²) in [5, 5.41) is -0.114. The van der Waals surface area contributed by atoms with Crippen molar-refractivity contribution in [2.45, 2.75) is 13.1 Å². The van der Waals surface area contributed by atoms with E-state index in [2.05, 4.69) is 4.74 Å². The van der Waals surface area contributed by atoms with Gasteiger partial charge in [0.25, 0.3) is 5.78 Å². The molecule has 104 valence electrons. The summed E-state index contributed by atoms with van der Waals surface area (Å²) < 4.78 is 53.8. The van der Waals surface area contributed by atoms with Gasteiger partial charge in [0.2, 0.25) is 0 Å². The number of ether oxygens (including phenoxy) is 1. The highest BCUT2D eigenvalue weighted by Gasteiger charge is 2.38. The minimum absolute atomic E-state index is 0.114. The molecule has 0 fully saturated rings. The molecule has 1 rings (SSSR count). The molecule has 0 aliphatic rings. The predicted octanol–water partition coefficient (Wildman–Crippen LogP) is 3.19. The Labute approximate surface area is 110 Å². The van der Waals surface area contributed by atoms with E-state index in [-0.39, 0.29) is 10.6 Å². The first kappa shape index (κ1) is 15.4. The molecule has 0 radical (unpaired) electrons. The zero-order valence-corrected chi connectivity index (χ0v) is 10.2. The number of hydrogen-bond donors (Lipinski definition) is 0. The van der Waals surface area contributed by atoms with Gasteiger partial charge in [-0.05, 0) is 19.1 Å². The maximum atomic E-state index is 13.5. The summed E-state index contributed by atoms with van der Waals surface area (Å²) >= 11 is 5.51. The average molecular weight is 299 g/mol. The molecule has 0 aromatic heterocycles. The summed E-state index contributed by atoms with van der Waals surface area (Å²) in [6.07, 6.45) is -5.08. The van der Waals surface area contributed by atoms with Gasteiger partial charge in [0, 0.05) is 5.02 Å². The molecule has 0 unspecified atom stereocenters. The van der Waals surface area contributed by atoms with Crippen LogP contribution >= 0.6 is 11.6 Å². The van der Waals surface area contributed by atoms with E-state index in [0.717, 1.165) is 19.1 Å². The van der Waals surface area contributed by atoms with Gasteiger partial charge in [-0.1, -0.05) is 11.6 Å². The second-order valence-electron chi connectivity index (χ2n) is 3.53. The van der Waals surface area contributed by atoms with E-state index >= 15 is 0 Å². The lowest BCUT2D eigenvalue weighted by Crippen LogP contribution is -2.29. The van der Waals surface area contributed by atoms with Crippen LogP contribution in [0.3, 0.4) is 0 Å². The number of benzene rings is 1. The van der Waals surface area contributed by atoms with Crippen LogP contribution in [0.1, 0.15) is 17.3 Å². The SMILES string of the molecule is CC(=O)c1cc(Cl)cc(F)c1OCC(=O)C(F)(F)F. The third-order valence-electron chi connectivity index (χ3n) is 2.05. The quantitative estimate of drug-likeness (QED) is 0.633. The molecule has 0 aliphatic carbocycles. The number of Topliss-reactive ketones (excluding diaryl/α,β-unsaturated/α-hetero) is 2. The lowest BCUT2D eigenvalue weighted by atomic mass is 10.1. The van der Waals surface area contributed by atoms with Gasteiger partial charge in [-0.15, -0.1) is 0 Å². The normalized spacial score (nSPS) is 11.3. The third kappa shape index (κ3) is 3.92. The van der Waals surface area contributed by atoms with Gasteiger partial charge in [0.1, 0.15) is 0 Å². The van der Waals surface area contributed by atoms with Crippen LogP contribution in [0.5, 0.6) is 5.75 Å². The standard InChI is InChI=1S/C11H7ClF4O3/c1-5(17)7-2-6(12)3-8(13)10(7)19-4-9(18)11(14,15)16/h2-3H,4H2,1H3. The van der Waals surface area contributed by atoms with Crippen molar-refractivity contribution in [3.05, 3.63) is 28.5 Å². The lowest BCUT2D eigenvalue weighted by Gasteiger charge is -2.11. The minimum Gasteiger partial charge on any atom is -0.482 e. The molecular weight excluding hydrogens is 292 g/mol. The number of rotatable bonds is 4. The Kier molecular flexibility index (Phi) is 4.52. The summed E-state index contributed by atoms with van der Waals surface area (Å²) in [7, 11) is 0. The number of carbonyl (C=O) groups excluding carboxylic acids is 2. The van der Waals surface area contributed by atoms with Crippen molar-refractivity contribution in [2.24, 2.45) is 0 Å². The number of ketones is 2. The topological polar surface area (TPSA) is 43.4 Å². The van der Waals surface area contributed by atoms with Gasteiger partial charge in [-0.3, -0.25) is 9.59 Å². The molecule has 0 bridgehead atoms. The highest BCUT2D eigenvalue weighted by molar-refractivity contribution is 6.31. The average Bonchev–Trinajstić information content (AvgIpc) is 2.24. The minimum atomic E-state index is -5.08. The molecule has 0 amide bonds. The van der Waals surface area contributed by atoms with Gasteiger partial charge in [-0.2, -0.15) is 13.2 Å². The molecule has 0 atom stereocenters. The van der Waals surface area contributed by atoms with E-state index in [1.54, 1.807) is 0 Å². The van der Waals surface area contributed by atoms with Gasteiger partial charge in [0.15, 0.2) is 24.0 Å². The molecule has 19 heavy (non-hydrogen) atoms. The zero-order valence-electron chi connectivity index (χ0n) is 9.48. The highest BCUT2D eigenvalue weighted by Crippen LogP contribution is 2.28. The summed E-state index contributed by atoms with van der Waals surface area (Å²) in [4.78, 5) is 21.8. The molecule has 1 aromatic rings. The molecule has 3 nitrogen and oxygen atoms in total. The first-order valence-corrected chi connectivity index (χ1v) is 5.23. The summed E-state index contributed by atoms with van der Waals surface area (Å²) in [5.41, 5.74) is -0.333. The Morgan fingerprint density at radius 2 is 1.89 bits per heavy atom. The largest absolute Gasteiger partial charge is 0.482 e. The predicted molar refractivity (Wildman–Crippen MR) is 58.0 cm³/mol. The Hall–Kier alpha value is -1.63. The molecule has 0 saturated carbocycles. The van der Waals surface area contributed by atoms with E-state index in [4.69, 9.17) is 11.6 Å². The number of halogens is 5. The van der Waals surface area contributed by atoms with Crippen LogP contribution in [0, 0.1) is 5.82 Å². The van der Waals surface area contributed by atoms with Crippen LogP contribution in [0.25, 0.3) is 0 Å². The second kappa shape index (κ2) is 5.56. The number of hydrogen-bond acceptors (Lipinski definition) is 3. The summed E-state index contributed by atoms with van der Waals surface area (Å²) in [6, 6.07) is 1.81. The monoisotopic (exact) mass is 298 g/mol. The van der Waals surface area contributed by atoms with Crippen molar-refractivity contribution in [1.82, 2.24) is 0 Å². The lowest BCUT2D eigenvalue weighted by molar-refractivity contribution is -0.173. The molecule has 0 saturated heterocycles. The Balaban J connectivity index is 3.01. The van der Waals surface area contributed by atoms with Crippen LogP contribution in [-0.4, -0.2) is 24.3 Å². The van der Waals surface area contributed by atoms with Gasteiger partial charge in [-0.25, -0.2) is 4.39 Å². The van der Waals surface area contributed by atoms with E-state index < -0.39 is 35.9 Å². The van der Waals surface area contributed by atoms with E-state index in [0.29, 0.717) is 0 Å². The summed E-state index contributed by atoms with van der Waals surface area (Å²) in [5.74, 6) is -4.69. The zero-order chi connectivity index (χ0) is 14.8. The fourth-order valence-electron chi connectivity index (χ4n) is 1.19. The van der Waals surface area contributed by atoms with Crippen LogP contribution in [0.15, 0.2) is 12.1 Å². The first-order chi connectivity index (χ1) is 8.62. The molecule has 0 aliphatic heterocycles. The molecule has 0 N–H and O–H groups in total. The van der Waals surface area contributed by atoms with Crippen molar-refractivity contribution >= 4 is 23.2 Å². The van der Waals surface area contributed by atoms with Crippen molar-refractivity contribution in [3.8, 4) is 5.75 Å². The van der Waals surface area contributed by atoms with Crippen LogP contribution in [0.2, 0.25) is 5.02 Å². The van der Waals surface area contributed by atoms with Gasteiger partial charge < -0.3 is 4.74 Å². The van der Waals surface area contributed by atoms with Crippen LogP contribution in [-0.2, 0) is 4.79 Å². The van der Waals surface area contributed by atoms with Crippen molar-refractivity contribution in [1.29, 1.82) is 0 Å². The van der Waals surface area contributed by atoms with Crippen molar-refractivity contribution < 1.29 is 31.9 Å². The number of carbonyl (C=O) groups is 2. The maximum absolute atomic E-state index is 13.5. The van der Waals surface area contributed by atoms with Gasteiger partial charge >= 0.3 is 6.18 Å². The van der Waals surface area contributed by atoms with Crippen LogP contribution in [0.4, 0.5) is 17.6 Å². The fraction of sp³-hybridized carbons (Fsp3) is 0.273. The molecule has 0 heterocycles. The smallest absolute Gasteiger partial charge is 0.453 e. The highest BCUT2D eigenvalue weighted by atomic mass is 35.5. The molecule has 0 spiro atoms. The second-order valence-corrected chi connectivity index (χ2v) is 3.97. The Bertz CT molecular complexity index is 525. The van der Waals surface area contributed by atoms with Crippen molar-refractivity contribution in [2.75, 3.05) is 6.61 Å². The van der Waals surface area contributed by atoms with E-state index in [1.165, 1.54) is 0 Å². The fourth-order valence-corrected chi connectivity index (χ4v) is 1.39. The summed E-state index contributed by atoms with van der Waals surface area (Å²) in [6.45, 7) is -0.355. The van der Waals surface area contributed by atoms with E-state index in [9.17, 15) is 27.2 Å². The Morgan fingerprint density at radius 3 is 2.37 bits per heavy atom. The van der Waals surface area contributed by atoms with E-state index in [1.807, 2.05) is 0 Å². The third-order valence-corrected chi connectivity index (χ3v) is 2.27. The molecule has 1 aromatic carbocycles.